The van der Waals surface area contributed by atoms with Crippen LogP contribution in [0.15, 0.2) is 36.4 Å². The molecule has 1 aliphatic rings. The highest BCUT2D eigenvalue weighted by molar-refractivity contribution is 6.42. The van der Waals surface area contributed by atoms with Gasteiger partial charge in [0.2, 0.25) is 5.91 Å². The second-order valence-electron chi connectivity index (χ2n) is 6.25. The van der Waals surface area contributed by atoms with Gasteiger partial charge in [-0.2, -0.15) is 0 Å². The van der Waals surface area contributed by atoms with Crippen molar-refractivity contribution in [2.45, 2.75) is 6.54 Å². The Labute approximate surface area is 172 Å². The molecular weight excluding hydrogens is 405 g/mol. The molecule has 28 heavy (non-hydrogen) atoms. The highest BCUT2D eigenvalue weighted by Crippen LogP contribution is 2.32. The van der Waals surface area contributed by atoms with E-state index in [1.165, 1.54) is 0 Å². The van der Waals surface area contributed by atoms with E-state index in [4.69, 9.17) is 32.7 Å². The monoisotopic (exact) mass is 423 g/mol. The molecular formula is C19H19Cl2N3O4. The lowest BCUT2D eigenvalue weighted by Crippen LogP contribution is -2.40. The van der Waals surface area contributed by atoms with E-state index in [-0.39, 0.29) is 6.54 Å². The van der Waals surface area contributed by atoms with Crippen LogP contribution in [0.5, 0.6) is 11.5 Å². The number of anilines is 1. The molecule has 3 rings (SSSR count). The number of nitrogens with one attached hydrogen (secondary N) is 2. The largest absolute Gasteiger partial charge is 0.486 e. The van der Waals surface area contributed by atoms with Gasteiger partial charge in [-0.15, -0.1) is 0 Å². The topological polar surface area (TPSA) is 79.9 Å². The fourth-order valence-corrected chi connectivity index (χ4v) is 3.09. The lowest BCUT2D eigenvalue weighted by molar-refractivity contribution is -0.120. The van der Waals surface area contributed by atoms with Crippen molar-refractivity contribution in [1.82, 2.24) is 10.2 Å². The maximum Gasteiger partial charge on any atom is 0.325 e. The summed E-state index contributed by atoms with van der Waals surface area (Å²) in [5.74, 6) is 0.721. The van der Waals surface area contributed by atoms with Gasteiger partial charge in [0.05, 0.1) is 16.6 Å². The lowest BCUT2D eigenvalue weighted by Gasteiger charge is -2.19. The summed E-state index contributed by atoms with van der Waals surface area (Å²) in [6.45, 7) is 1.36. The third kappa shape index (κ3) is 5.28. The third-order valence-corrected chi connectivity index (χ3v) is 4.80. The van der Waals surface area contributed by atoms with Gasteiger partial charge in [0.25, 0.3) is 0 Å². The van der Waals surface area contributed by atoms with E-state index in [0.717, 1.165) is 5.56 Å². The van der Waals surface area contributed by atoms with Crippen molar-refractivity contribution in [2.24, 2.45) is 0 Å². The first kappa shape index (κ1) is 20.3. The van der Waals surface area contributed by atoms with Crippen molar-refractivity contribution < 1.29 is 19.1 Å². The molecule has 0 saturated carbocycles. The highest BCUT2D eigenvalue weighted by atomic mass is 35.5. The number of carbonyl (C=O) groups excluding carboxylic acids is 2. The minimum Gasteiger partial charge on any atom is -0.486 e. The van der Waals surface area contributed by atoms with Crippen LogP contribution in [-0.4, -0.2) is 43.6 Å². The molecule has 0 fully saturated rings. The first-order valence-electron chi connectivity index (χ1n) is 8.54. The molecule has 2 aromatic carbocycles. The Morgan fingerprint density at radius 2 is 1.86 bits per heavy atom. The summed E-state index contributed by atoms with van der Waals surface area (Å²) in [7, 11) is 1.75. The molecule has 0 atom stereocenters. The van der Waals surface area contributed by atoms with Gasteiger partial charge in [0.1, 0.15) is 13.2 Å². The van der Waals surface area contributed by atoms with Gasteiger partial charge < -0.3 is 14.8 Å². The molecule has 1 heterocycles. The van der Waals surface area contributed by atoms with Crippen LogP contribution >= 0.6 is 23.2 Å². The summed E-state index contributed by atoms with van der Waals surface area (Å²) < 4.78 is 10.9. The summed E-state index contributed by atoms with van der Waals surface area (Å²) in [6, 6.07) is 9.71. The summed E-state index contributed by atoms with van der Waals surface area (Å²) in [5, 5.41) is 5.79. The smallest absolute Gasteiger partial charge is 0.325 e. The number of likely N-dealkylation sites (N-methyl/N-ethyl adjacent to an activating group) is 1. The zero-order chi connectivity index (χ0) is 20.1. The molecule has 0 spiro atoms. The van der Waals surface area contributed by atoms with Crippen LogP contribution < -0.4 is 20.1 Å². The van der Waals surface area contributed by atoms with Gasteiger partial charge >= 0.3 is 6.03 Å². The van der Waals surface area contributed by atoms with Gasteiger partial charge in [0.15, 0.2) is 11.5 Å². The molecule has 2 N–H and O–H groups in total. The number of hydrogen-bond acceptors (Lipinski definition) is 5. The highest BCUT2D eigenvalue weighted by Gasteiger charge is 2.15. The van der Waals surface area contributed by atoms with E-state index in [1.807, 2.05) is 6.07 Å². The van der Waals surface area contributed by atoms with Gasteiger partial charge in [0, 0.05) is 18.3 Å². The molecule has 0 aromatic heterocycles. The summed E-state index contributed by atoms with van der Waals surface area (Å²) in [4.78, 5) is 25.9. The molecule has 2 aromatic rings. The van der Waals surface area contributed by atoms with Gasteiger partial charge in [-0.05, 0) is 30.8 Å². The molecule has 3 amide bonds. The number of nitrogens with zero attached hydrogens (tertiary/aromatic N) is 1. The van der Waals surface area contributed by atoms with Crippen LogP contribution in [0.3, 0.4) is 0 Å². The van der Waals surface area contributed by atoms with Crippen LogP contribution in [0, 0.1) is 0 Å². The zero-order valence-corrected chi connectivity index (χ0v) is 16.6. The fraction of sp³-hybridized carbons (Fsp3) is 0.263. The number of carbonyl (C=O) groups is 2. The van der Waals surface area contributed by atoms with E-state index in [2.05, 4.69) is 10.6 Å². The Kier molecular flexibility index (Phi) is 6.61. The van der Waals surface area contributed by atoms with Gasteiger partial charge in [-0.3, -0.25) is 15.0 Å². The van der Waals surface area contributed by atoms with Crippen LogP contribution in [-0.2, 0) is 11.3 Å². The number of benzene rings is 2. The SMILES string of the molecule is CN(CC(=O)NC(=O)Nc1ccc2c(c1)OCCO2)Cc1cccc(Cl)c1Cl. The van der Waals surface area contributed by atoms with E-state index >= 15 is 0 Å². The number of ether oxygens (including phenoxy) is 2. The number of imide groups is 1. The Morgan fingerprint density at radius 1 is 1.11 bits per heavy atom. The number of fused-ring (bicyclic) bond motifs is 1. The van der Waals surface area contributed by atoms with E-state index in [9.17, 15) is 9.59 Å². The quantitative estimate of drug-likeness (QED) is 0.768. The molecule has 1 aliphatic heterocycles. The normalized spacial score (nSPS) is 12.6. The number of urea groups is 1. The molecule has 0 unspecified atom stereocenters. The average Bonchev–Trinajstić information content (AvgIpc) is 2.65. The Balaban J connectivity index is 1.50. The summed E-state index contributed by atoms with van der Waals surface area (Å²) in [5.41, 5.74) is 1.29. The van der Waals surface area contributed by atoms with Crippen LogP contribution in [0.1, 0.15) is 5.56 Å². The molecule has 0 bridgehead atoms. The van der Waals surface area contributed by atoms with E-state index < -0.39 is 11.9 Å². The van der Waals surface area contributed by atoms with Crippen LogP contribution in [0.4, 0.5) is 10.5 Å². The molecule has 0 aliphatic carbocycles. The zero-order valence-electron chi connectivity index (χ0n) is 15.1. The standard InChI is InChI=1S/C19H19Cl2N3O4/c1-24(10-12-3-2-4-14(20)18(12)21)11-17(25)23-19(26)22-13-5-6-15-16(9-13)28-8-7-27-15/h2-6,9H,7-8,10-11H2,1H3,(H2,22,23,25,26). The first-order valence-corrected chi connectivity index (χ1v) is 9.30. The van der Waals surface area contributed by atoms with Crippen molar-refractivity contribution in [1.29, 1.82) is 0 Å². The van der Waals surface area contributed by atoms with Crippen molar-refractivity contribution in [3.8, 4) is 11.5 Å². The Hall–Kier alpha value is -2.48. The number of rotatable bonds is 5. The van der Waals surface area contributed by atoms with Gasteiger partial charge in [-0.25, -0.2) is 4.79 Å². The lowest BCUT2D eigenvalue weighted by atomic mass is 10.2. The Morgan fingerprint density at radius 3 is 2.64 bits per heavy atom. The molecule has 0 saturated heterocycles. The number of amides is 3. The molecule has 7 nitrogen and oxygen atoms in total. The first-order chi connectivity index (χ1) is 13.4. The van der Waals surface area contributed by atoms with Crippen LogP contribution in [0.2, 0.25) is 10.0 Å². The maximum absolute atomic E-state index is 12.1. The summed E-state index contributed by atoms with van der Waals surface area (Å²) in [6.07, 6.45) is 0. The molecule has 0 radical (unpaired) electrons. The van der Waals surface area contributed by atoms with E-state index in [1.54, 1.807) is 42.3 Å². The van der Waals surface area contributed by atoms with Gasteiger partial charge in [-0.1, -0.05) is 35.3 Å². The average molecular weight is 424 g/mol. The second kappa shape index (κ2) is 9.14. The number of hydrogen-bond donors (Lipinski definition) is 2. The minimum absolute atomic E-state index is 0.0113. The van der Waals surface area contributed by atoms with Crippen molar-refractivity contribution in [2.75, 3.05) is 32.1 Å². The van der Waals surface area contributed by atoms with Crippen molar-refractivity contribution in [3.63, 3.8) is 0 Å². The second-order valence-corrected chi connectivity index (χ2v) is 7.03. The van der Waals surface area contributed by atoms with Crippen molar-refractivity contribution >= 4 is 40.8 Å². The maximum atomic E-state index is 12.1. The minimum atomic E-state index is -0.629. The summed E-state index contributed by atoms with van der Waals surface area (Å²) >= 11 is 12.2. The predicted molar refractivity (Wildman–Crippen MR) is 107 cm³/mol. The van der Waals surface area contributed by atoms with Crippen molar-refractivity contribution in [3.05, 3.63) is 52.0 Å². The molecule has 148 valence electrons. The number of halogens is 2. The predicted octanol–water partition coefficient (Wildman–Crippen LogP) is 3.54. The molecule has 9 heteroatoms. The third-order valence-electron chi connectivity index (χ3n) is 3.94. The Bertz CT molecular complexity index is 891. The fourth-order valence-electron chi connectivity index (χ4n) is 2.71. The van der Waals surface area contributed by atoms with E-state index in [0.29, 0.717) is 47.0 Å². The van der Waals surface area contributed by atoms with Crippen LogP contribution in [0.25, 0.3) is 0 Å².